The van der Waals surface area contributed by atoms with Gasteiger partial charge in [0.2, 0.25) is 5.91 Å². The number of nitrogens with one attached hydrogen (secondary N) is 1. The van der Waals surface area contributed by atoms with Crippen molar-refractivity contribution >= 4 is 29.5 Å². The summed E-state index contributed by atoms with van der Waals surface area (Å²) in [5.74, 6) is -1.12. The van der Waals surface area contributed by atoms with Gasteiger partial charge >= 0.3 is 0 Å². The quantitative estimate of drug-likeness (QED) is 0.311. The van der Waals surface area contributed by atoms with Gasteiger partial charge in [-0.15, -0.1) is 11.8 Å². The Labute approximate surface area is 236 Å². The zero-order valence-corrected chi connectivity index (χ0v) is 23.0. The zero-order chi connectivity index (χ0) is 28.6. The molecular formula is C30H31N3O6S. The third-order valence-electron chi connectivity index (χ3n) is 7.68. The van der Waals surface area contributed by atoms with E-state index in [1.807, 2.05) is 43.3 Å². The van der Waals surface area contributed by atoms with E-state index in [1.54, 1.807) is 42.2 Å². The fourth-order valence-corrected chi connectivity index (χ4v) is 6.73. The molecule has 2 fully saturated rings. The van der Waals surface area contributed by atoms with Gasteiger partial charge in [-0.2, -0.15) is 0 Å². The first kappa shape index (κ1) is 27.5. The largest absolute Gasteiger partial charge is 0.508 e. The van der Waals surface area contributed by atoms with Gasteiger partial charge in [0.15, 0.2) is 6.10 Å². The van der Waals surface area contributed by atoms with Crippen LogP contribution in [-0.4, -0.2) is 71.8 Å². The number of fused-ring (bicyclic) bond motifs is 1. The lowest BCUT2D eigenvalue weighted by Crippen LogP contribution is -2.73. The molecule has 10 heteroatoms. The molecule has 2 aliphatic rings. The predicted molar refractivity (Wildman–Crippen MR) is 150 cm³/mol. The van der Waals surface area contributed by atoms with Crippen LogP contribution in [0.15, 0.2) is 72.8 Å². The highest BCUT2D eigenvalue weighted by atomic mass is 32.2. The molecule has 0 radical (unpaired) electrons. The fraction of sp³-hybridized carbons (Fsp3) is 0.300. The Bertz CT molecular complexity index is 1450. The number of thioether (sulfide) groups is 1. The van der Waals surface area contributed by atoms with Crippen molar-refractivity contribution in [2.45, 2.75) is 49.9 Å². The molecule has 3 aromatic rings. The Morgan fingerprint density at radius 2 is 1.75 bits per heavy atom. The van der Waals surface area contributed by atoms with Crippen LogP contribution in [0.1, 0.15) is 34.0 Å². The zero-order valence-electron chi connectivity index (χ0n) is 22.2. The van der Waals surface area contributed by atoms with Gasteiger partial charge in [-0.25, -0.2) is 0 Å². The van der Waals surface area contributed by atoms with E-state index in [9.17, 15) is 29.7 Å². The third-order valence-corrected chi connectivity index (χ3v) is 9.12. The van der Waals surface area contributed by atoms with E-state index in [2.05, 4.69) is 5.32 Å². The number of likely N-dealkylation sites (tertiary alicyclic amines) is 1. The number of carbonyl (C=O) groups excluding carboxylic acids is 3. The number of phenols is 2. The monoisotopic (exact) mass is 561 g/mol. The summed E-state index contributed by atoms with van der Waals surface area (Å²) in [5.41, 5.74) is 2.20. The van der Waals surface area contributed by atoms with Gasteiger partial charge < -0.3 is 30.4 Å². The first-order valence-corrected chi connectivity index (χ1v) is 13.9. The molecule has 2 aliphatic heterocycles. The molecule has 4 N–H and O–H groups in total. The molecule has 3 aromatic carbocycles. The highest BCUT2D eigenvalue weighted by Gasteiger charge is 2.65. The van der Waals surface area contributed by atoms with Gasteiger partial charge in [0.25, 0.3) is 11.8 Å². The van der Waals surface area contributed by atoms with Crippen molar-refractivity contribution in [3.8, 4) is 11.5 Å². The van der Waals surface area contributed by atoms with E-state index in [-0.39, 0.29) is 41.8 Å². The van der Waals surface area contributed by atoms with Crippen LogP contribution in [0.2, 0.25) is 0 Å². The number of aromatic hydroxyl groups is 2. The Morgan fingerprint density at radius 1 is 1.05 bits per heavy atom. The first-order valence-electron chi connectivity index (χ1n) is 13.0. The second-order valence-corrected chi connectivity index (χ2v) is 11.7. The normalized spacial score (nSPS) is 21.4. The van der Waals surface area contributed by atoms with Crippen molar-refractivity contribution in [3.63, 3.8) is 0 Å². The number of phenolic OH excluding ortho intramolecular Hbond substituents is 2. The van der Waals surface area contributed by atoms with Gasteiger partial charge in [-0.1, -0.05) is 48.5 Å². The van der Waals surface area contributed by atoms with Crippen LogP contribution in [-0.2, 0) is 22.6 Å². The number of aliphatic hydroxyl groups excluding tert-OH is 1. The second-order valence-electron chi connectivity index (χ2n) is 10.3. The average Bonchev–Trinajstić information content (AvgIpc) is 3.26. The second kappa shape index (κ2) is 10.9. The summed E-state index contributed by atoms with van der Waals surface area (Å²) < 4.78 is 0. The van der Waals surface area contributed by atoms with Crippen molar-refractivity contribution in [1.29, 1.82) is 0 Å². The van der Waals surface area contributed by atoms with E-state index in [1.165, 1.54) is 22.7 Å². The van der Waals surface area contributed by atoms with E-state index in [0.29, 0.717) is 5.56 Å². The van der Waals surface area contributed by atoms with E-state index in [0.717, 1.165) is 11.1 Å². The molecule has 0 bridgehead atoms. The molecule has 9 nitrogen and oxygen atoms in total. The summed E-state index contributed by atoms with van der Waals surface area (Å²) in [5, 5.41) is 34.0. The lowest BCUT2D eigenvalue weighted by Gasteiger charge is -2.52. The molecule has 2 saturated heterocycles. The maximum absolute atomic E-state index is 13.7. The Morgan fingerprint density at radius 3 is 2.48 bits per heavy atom. The van der Waals surface area contributed by atoms with E-state index in [4.69, 9.17) is 0 Å². The van der Waals surface area contributed by atoms with E-state index >= 15 is 0 Å². The molecule has 5 rings (SSSR count). The maximum atomic E-state index is 13.7. The number of carbonyl (C=O) groups is 3. The molecule has 0 aromatic heterocycles. The molecule has 208 valence electrons. The number of aliphatic hydroxyl groups is 1. The number of β-lactam (4-membered cyclic amide) rings is 1. The highest BCUT2D eigenvalue weighted by Crippen LogP contribution is 2.51. The molecule has 2 heterocycles. The standard InChI is InChI=1S/C30H31N3O6S/c1-18-22(12-7-13-24(18)35)27(37)31-23(15-19-8-4-3-5-9-19)25(36)28(38)32-17-40-30(2)26(32)29(39)33(30)16-20-10-6-11-21(34)14-20/h3-14,23,25-26,34-36H,15-17H2,1-2H3,(H,31,37)/t23-,25-,26+,30?/m0/s1. The predicted octanol–water partition coefficient (Wildman–Crippen LogP) is 2.77. The van der Waals surface area contributed by atoms with Crippen LogP contribution in [0.3, 0.4) is 0 Å². The summed E-state index contributed by atoms with van der Waals surface area (Å²) in [6, 6.07) is 18.7. The topological polar surface area (TPSA) is 130 Å². The number of hydrogen-bond acceptors (Lipinski definition) is 7. The number of amides is 3. The molecule has 1 unspecified atom stereocenters. The third kappa shape index (κ3) is 5.00. The minimum Gasteiger partial charge on any atom is -0.508 e. The summed E-state index contributed by atoms with van der Waals surface area (Å²) >= 11 is 1.44. The number of rotatable bonds is 8. The fourth-order valence-electron chi connectivity index (χ4n) is 5.36. The number of nitrogens with zero attached hydrogens (tertiary/aromatic N) is 2. The highest BCUT2D eigenvalue weighted by molar-refractivity contribution is 8.01. The first-order chi connectivity index (χ1) is 19.1. The summed E-state index contributed by atoms with van der Waals surface area (Å²) in [6.45, 7) is 3.79. The molecule has 4 atom stereocenters. The van der Waals surface area contributed by atoms with Crippen molar-refractivity contribution < 1.29 is 29.7 Å². The number of hydrogen-bond donors (Lipinski definition) is 4. The molecule has 0 saturated carbocycles. The molecule has 40 heavy (non-hydrogen) atoms. The van der Waals surface area contributed by atoms with Gasteiger partial charge in [0.1, 0.15) is 22.4 Å². The van der Waals surface area contributed by atoms with Crippen LogP contribution < -0.4 is 5.32 Å². The van der Waals surface area contributed by atoms with Crippen molar-refractivity contribution in [3.05, 3.63) is 95.1 Å². The molecular weight excluding hydrogens is 530 g/mol. The van der Waals surface area contributed by atoms with Gasteiger partial charge in [-0.05, 0) is 55.7 Å². The molecule has 0 aliphatic carbocycles. The van der Waals surface area contributed by atoms with Crippen molar-refractivity contribution in [2.75, 3.05) is 5.88 Å². The Balaban J connectivity index is 1.35. The van der Waals surface area contributed by atoms with Crippen LogP contribution in [0, 0.1) is 6.92 Å². The SMILES string of the molecule is Cc1c(O)cccc1C(=O)N[C@@H](Cc1ccccc1)[C@H](O)C(=O)N1CSC2(C)[C@H]1C(=O)N2Cc1cccc(O)c1. The van der Waals surface area contributed by atoms with Crippen LogP contribution in [0.5, 0.6) is 11.5 Å². The lowest BCUT2D eigenvalue weighted by molar-refractivity contribution is -0.168. The summed E-state index contributed by atoms with van der Waals surface area (Å²) in [4.78, 5) is 42.5. The average molecular weight is 562 g/mol. The van der Waals surface area contributed by atoms with Gasteiger partial charge in [-0.3, -0.25) is 14.4 Å². The summed E-state index contributed by atoms with van der Waals surface area (Å²) in [7, 11) is 0. The Kier molecular flexibility index (Phi) is 7.48. The van der Waals surface area contributed by atoms with Crippen LogP contribution in [0.4, 0.5) is 0 Å². The lowest BCUT2D eigenvalue weighted by atomic mass is 9.92. The smallest absolute Gasteiger partial charge is 0.255 e. The van der Waals surface area contributed by atoms with Crippen molar-refractivity contribution in [1.82, 2.24) is 15.1 Å². The van der Waals surface area contributed by atoms with E-state index < -0.39 is 34.9 Å². The van der Waals surface area contributed by atoms with Crippen LogP contribution in [0.25, 0.3) is 0 Å². The minimum absolute atomic E-state index is 0.0315. The summed E-state index contributed by atoms with van der Waals surface area (Å²) in [6.07, 6.45) is -1.43. The van der Waals surface area contributed by atoms with Gasteiger partial charge in [0.05, 0.1) is 11.9 Å². The maximum Gasteiger partial charge on any atom is 0.255 e. The van der Waals surface area contributed by atoms with Crippen molar-refractivity contribution in [2.24, 2.45) is 0 Å². The van der Waals surface area contributed by atoms with Gasteiger partial charge in [0, 0.05) is 17.7 Å². The Hall–Kier alpha value is -4.02. The molecule has 3 amide bonds. The minimum atomic E-state index is -1.61. The number of benzene rings is 3. The van der Waals surface area contributed by atoms with Crippen LogP contribution >= 0.6 is 11.8 Å². The molecule has 0 spiro atoms.